The molecule has 0 saturated carbocycles. The van der Waals surface area contributed by atoms with Crippen LogP contribution in [0.15, 0.2) is 29.2 Å². The number of aliphatic carboxylic acids is 1. The molecular weight excluding hydrogens is 260 g/mol. The van der Waals surface area contributed by atoms with E-state index in [1.807, 2.05) is 0 Å². The van der Waals surface area contributed by atoms with Gasteiger partial charge in [0, 0.05) is 17.5 Å². The van der Waals surface area contributed by atoms with Crippen LogP contribution in [0.5, 0.6) is 0 Å². The summed E-state index contributed by atoms with van der Waals surface area (Å²) < 4.78 is 31.4. The van der Waals surface area contributed by atoms with Crippen molar-refractivity contribution in [2.45, 2.75) is 16.9 Å². The summed E-state index contributed by atoms with van der Waals surface area (Å²) in [4.78, 5) is 10.7. The normalized spacial score (nSPS) is 22.6. The molecule has 1 aliphatic rings. The smallest absolute Gasteiger partial charge is 0.340 e. The number of hydrogen-bond donors (Lipinski definition) is 3. The molecule has 1 aromatic rings. The van der Waals surface area contributed by atoms with Crippen LogP contribution in [0.1, 0.15) is 17.5 Å². The van der Waals surface area contributed by atoms with Gasteiger partial charge in [0.2, 0.25) is 0 Å². The third-order valence-electron chi connectivity index (χ3n) is 2.84. The van der Waals surface area contributed by atoms with Gasteiger partial charge in [-0.25, -0.2) is 4.79 Å². The van der Waals surface area contributed by atoms with Gasteiger partial charge in [0.25, 0.3) is 10.1 Å². The Morgan fingerprint density at radius 2 is 2.00 bits per heavy atom. The Morgan fingerprint density at radius 1 is 1.33 bits per heavy atom. The first-order chi connectivity index (χ1) is 8.27. The second-order valence-electron chi connectivity index (χ2n) is 3.96. The van der Waals surface area contributed by atoms with Gasteiger partial charge in [-0.1, -0.05) is 24.3 Å². The lowest BCUT2D eigenvalue weighted by Crippen LogP contribution is -2.37. The number of carbonyl (C=O) groups is 1. The van der Waals surface area contributed by atoms with E-state index in [-0.39, 0.29) is 17.5 Å². The minimum absolute atomic E-state index is 0.00356. The van der Waals surface area contributed by atoms with Crippen molar-refractivity contribution in [1.29, 1.82) is 0 Å². The number of fused-ring (bicyclic) bond motifs is 1. The van der Waals surface area contributed by atoms with Crippen molar-refractivity contribution in [1.82, 2.24) is 0 Å². The van der Waals surface area contributed by atoms with Crippen molar-refractivity contribution < 1.29 is 28.0 Å². The van der Waals surface area contributed by atoms with Crippen LogP contribution >= 0.6 is 0 Å². The quantitative estimate of drug-likeness (QED) is 0.679. The summed E-state index contributed by atoms with van der Waals surface area (Å²) in [6, 6.07) is 3.74. The standard InChI is InChI=1S/C11H10O6S/c12-10(13)11(14)6-2-3-7-8(11)4-1-5-9(7)18(15,16)17/h1-5,14H,6H2,(H,12,13)(H,15,16,17). The predicted octanol–water partition coefficient (Wildman–Crippen LogP) is 0.622. The maximum Gasteiger partial charge on any atom is 0.340 e. The van der Waals surface area contributed by atoms with Crippen LogP contribution in [0.4, 0.5) is 0 Å². The first-order valence-electron chi connectivity index (χ1n) is 5.00. The summed E-state index contributed by atoms with van der Waals surface area (Å²) in [6.07, 6.45) is 2.56. The minimum Gasteiger partial charge on any atom is -0.479 e. The molecule has 0 aromatic heterocycles. The summed E-state index contributed by atoms with van der Waals surface area (Å²) in [5.41, 5.74) is -2.23. The lowest BCUT2D eigenvalue weighted by Gasteiger charge is -2.28. The molecule has 7 heteroatoms. The highest BCUT2D eigenvalue weighted by Gasteiger charge is 2.41. The molecule has 1 aliphatic carbocycles. The lowest BCUT2D eigenvalue weighted by molar-refractivity contribution is -0.159. The summed E-state index contributed by atoms with van der Waals surface area (Å²) >= 11 is 0. The number of carboxylic acid groups (broad SMARTS) is 1. The highest BCUT2D eigenvalue weighted by Crippen LogP contribution is 2.36. The number of carboxylic acids is 1. The summed E-state index contributed by atoms with van der Waals surface area (Å²) in [7, 11) is -4.48. The lowest BCUT2D eigenvalue weighted by atomic mass is 9.83. The van der Waals surface area contributed by atoms with E-state index in [1.54, 1.807) is 0 Å². The van der Waals surface area contributed by atoms with E-state index >= 15 is 0 Å². The topological polar surface area (TPSA) is 112 Å². The molecule has 1 unspecified atom stereocenters. The average molecular weight is 270 g/mol. The molecule has 0 saturated heterocycles. The molecule has 96 valence electrons. The highest BCUT2D eigenvalue weighted by atomic mass is 32.2. The number of rotatable bonds is 2. The molecule has 3 N–H and O–H groups in total. The molecule has 6 nitrogen and oxygen atoms in total. The summed E-state index contributed by atoms with van der Waals surface area (Å²) in [6.45, 7) is 0. The van der Waals surface area contributed by atoms with Gasteiger partial charge in [-0.3, -0.25) is 4.55 Å². The van der Waals surface area contributed by atoms with Crippen LogP contribution < -0.4 is 0 Å². The van der Waals surface area contributed by atoms with E-state index in [1.165, 1.54) is 24.3 Å². The van der Waals surface area contributed by atoms with E-state index in [0.29, 0.717) is 0 Å². The Morgan fingerprint density at radius 3 is 2.56 bits per heavy atom. The van der Waals surface area contributed by atoms with Gasteiger partial charge in [0.15, 0.2) is 5.60 Å². The second kappa shape index (κ2) is 3.91. The largest absolute Gasteiger partial charge is 0.479 e. The Hall–Kier alpha value is -1.70. The molecule has 0 amide bonds. The van der Waals surface area contributed by atoms with Gasteiger partial charge < -0.3 is 10.2 Å². The Kier molecular flexibility index (Phi) is 2.77. The molecule has 0 radical (unpaired) electrons. The fourth-order valence-corrected chi connectivity index (χ4v) is 2.67. The van der Waals surface area contributed by atoms with Crippen molar-refractivity contribution in [2.24, 2.45) is 0 Å². The maximum absolute atomic E-state index is 11.2. The summed E-state index contributed by atoms with van der Waals surface area (Å²) in [5.74, 6) is -1.47. The summed E-state index contributed by atoms with van der Waals surface area (Å²) in [5, 5.41) is 19.1. The Bertz CT molecular complexity index is 645. The van der Waals surface area contributed by atoms with Crippen molar-refractivity contribution in [3.63, 3.8) is 0 Å². The fourth-order valence-electron chi connectivity index (χ4n) is 1.96. The molecule has 0 aliphatic heterocycles. The van der Waals surface area contributed by atoms with Crippen molar-refractivity contribution in [3.05, 3.63) is 35.4 Å². The van der Waals surface area contributed by atoms with Crippen LogP contribution in [0.2, 0.25) is 0 Å². The number of aliphatic hydroxyl groups is 1. The van der Waals surface area contributed by atoms with E-state index in [2.05, 4.69) is 0 Å². The SMILES string of the molecule is O=C(O)C1(O)CC=Cc2c1cccc2S(=O)(=O)O. The molecule has 0 heterocycles. The first-order valence-corrected chi connectivity index (χ1v) is 6.44. The van der Waals surface area contributed by atoms with E-state index in [9.17, 15) is 18.3 Å². The van der Waals surface area contributed by atoms with Crippen LogP contribution in [0.25, 0.3) is 6.08 Å². The monoisotopic (exact) mass is 270 g/mol. The minimum atomic E-state index is -4.48. The van der Waals surface area contributed by atoms with E-state index < -0.39 is 26.6 Å². The van der Waals surface area contributed by atoms with Crippen LogP contribution in [-0.2, 0) is 20.5 Å². The number of benzene rings is 1. The molecule has 1 aromatic carbocycles. The van der Waals surface area contributed by atoms with Gasteiger partial charge >= 0.3 is 5.97 Å². The molecule has 2 rings (SSSR count). The third kappa shape index (κ3) is 1.82. The van der Waals surface area contributed by atoms with Gasteiger partial charge in [0.05, 0.1) is 0 Å². The highest BCUT2D eigenvalue weighted by molar-refractivity contribution is 7.85. The van der Waals surface area contributed by atoms with Crippen molar-refractivity contribution >= 4 is 22.2 Å². The molecule has 18 heavy (non-hydrogen) atoms. The molecular formula is C11H10O6S. The van der Waals surface area contributed by atoms with Crippen molar-refractivity contribution in [3.8, 4) is 0 Å². The van der Waals surface area contributed by atoms with Gasteiger partial charge in [-0.05, 0) is 6.07 Å². The average Bonchev–Trinajstić information content (AvgIpc) is 2.27. The molecule has 0 fully saturated rings. The van der Waals surface area contributed by atoms with Gasteiger partial charge in [0.1, 0.15) is 4.90 Å². The molecule has 0 spiro atoms. The fraction of sp³-hybridized carbons (Fsp3) is 0.182. The predicted molar refractivity (Wildman–Crippen MR) is 61.4 cm³/mol. The first kappa shape index (κ1) is 12.7. The Balaban J connectivity index is 2.78. The zero-order chi connectivity index (χ0) is 13.6. The van der Waals surface area contributed by atoms with Gasteiger partial charge in [-0.15, -0.1) is 0 Å². The van der Waals surface area contributed by atoms with Crippen molar-refractivity contribution in [2.75, 3.05) is 0 Å². The Labute approximate surface area is 103 Å². The maximum atomic E-state index is 11.2. The van der Waals surface area contributed by atoms with Crippen LogP contribution in [-0.4, -0.2) is 29.2 Å². The van der Waals surface area contributed by atoms with E-state index in [0.717, 1.165) is 6.07 Å². The van der Waals surface area contributed by atoms with Crippen LogP contribution in [0, 0.1) is 0 Å². The van der Waals surface area contributed by atoms with E-state index in [4.69, 9.17) is 9.66 Å². The number of hydrogen-bond acceptors (Lipinski definition) is 4. The second-order valence-corrected chi connectivity index (χ2v) is 5.35. The zero-order valence-corrected chi connectivity index (χ0v) is 9.88. The molecule has 1 atom stereocenters. The zero-order valence-electron chi connectivity index (χ0n) is 9.07. The van der Waals surface area contributed by atoms with Gasteiger partial charge in [-0.2, -0.15) is 8.42 Å². The molecule has 0 bridgehead atoms. The van der Waals surface area contributed by atoms with Crippen LogP contribution in [0.3, 0.4) is 0 Å². The third-order valence-corrected chi connectivity index (χ3v) is 3.75.